The molecular formula is C12H15NS. The number of hydrogen-bond donors (Lipinski definition) is 0. The van der Waals surface area contributed by atoms with Gasteiger partial charge in [0.2, 0.25) is 0 Å². The van der Waals surface area contributed by atoms with Crippen LogP contribution in [0.15, 0.2) is 29.3 Å². The number of aryl methyl sites for hydroxylation is 1. The minimum atomic E-state index is 0.722. The van der Waals surface area contributed by atoms with Crippen LogP contribution in [-0.4, -0.2) is 5.16 Å². The van der Waals surface area contributed by atoms with Crippen molar-refractivity contribution in [3.05, 3.63) is 29.8 Å². The molecule has 0 aromatic heterocycles. The molecule has 0 spiro atoms. The molecular weight excluding hydrogens is 190 g/mol. The van der Waals surface area contributed by atoms with E-state index >= 15 is 0 Å². The van der Waals surface area contributed by atoms with E-state index < -0.39 is 0 Å². The standard InChI is InChI=1S/C12H15NS/c1-10(2)7-8-11-5-3-4-6-12(11)13-9-14/h3-6,10H,7-8H2,1-2H3. The molecule has 0 N–H and O–H groups in total. The number of nitrogens with zero attached hydrogens (tertiary/aromatic N) is 1. The molecule has 0 radical (unpaired) electrons. The predicted molar refractivity (Wildman–Crippen MR) is 64.3 cm³/mol. The second kappa shape index (κ2) is 5.69. The van der Waals surface area contributed by atoms with Gasteiger partial charge in [0.05, 0.1) is 10.8 Å². The summed E-state index contributed by atoms with van der Waals surface area (Å²) in [6, 6.07) is 8.10. The normalized spacial score (nSPS) is 9.93. The molecule has 14 heavy (non-hydrogen) atoms. The van der Waals surface area contributed by atoms with Crippen LogP contribution >= 0.6 is 12.2 Å². The number of benzene rings is 1. The molecule has 1 rings (SSSR count). The zero-order chi connectivity index (χ0) is 10.4. The number of isothiocyanates is 1. The average Bonchev–Trinajstić information content (AvgIpc) is 2.17. The zero-order valence-electron chi connectivity index (χ0n) is 8.66. The van der Waals surface area contributed by atoms with Crippen LogP contribution in [0.3, 0.4) is 0 Å². The number of hydrogen-bond acceptors (Lipinski definition) is 2. The summed E-state index contributed by atoms with van der Waals surface area (Å²) in [6.45, 7) is 4.45. The molecule has 0 bridgehead atoms. The van der Waals surface area contributed by atoms with Crippen LogP contribution in [0.5, 0.6) is 0 Å². The van der Waals surface area contributed by atoms with Gasteiger partial charge in [0.15, 0.2) is 0 Å². The van der Waals surface area contributed by atoms with Crippen LogP contribution in [0.4, 0.5) is 5.69 Å². The highest BCUT2D eigenvalue weighted by Crippen LogP contribution is 2.20. The lowest BCUT2D eigenvalue weighted by atomic mass is 10.0. The Morgan fingerprint density at radius 1 is 1.36 bits per heavy atom. The monoisotopic (exact) mass is 205 g/mol. The SMILES string of the molecule is CC(C)CCc1ccccc1N=C=S. The molecule has 0 aliphatic rings. The van der Waals surface area contributed by atoms with Crippen LogP contribution in [0.1, 0.15) is 25.8 Å². The molecule has 1 aromatic carbocycles. The van der Waals surface area contributed by atoms with Gasteiger partial charge >= 0.3 is 0 Å². The topological polar surface area (TPSA) is 12.4 Å². The minimum Gasteiger partial charge on any atom is -0.194 e. The van der Waals surface area contributed by atoms with Crippen molar-refractivity contribution in [3.63, 3.8) is 0 Å². The van der Waals surface area contributed by atoms with Gasteiger partial charge in [-0.1, -0.05) is 32.0 Å². The molecule has 0 fully saturated rings. The molecule has 0 heterocycles. The van der Waals surface area contributed by atoms with Crippen molar-refractivity contribution in [2.24, 2.45) is 10.9 Å². The summed E-state index contributed by atoms with van der Waals surface area (Å²) in [5.74, 6) is 0.722. The summed E-state index contributed by atoms with van der Waals surface area (Å²) < 4.78 is 0. The van der Waals surface area contributed by atoms with Gasteiger partial charge < -0.3 is 0 Å². The fourth-order valence-electron chi connectivity index (χ4n) is 1.32. The smallest absolute Gasteiger partial charge is 0.0771 e. The molecule has 0 amide bonds. The second-order valence-electron chi connectivity index (χ2n) is 3.76. The maximum absolute atomic E-state index is 4.61. The van der Waals surface area contributed by atoms with Crippen molar-refractivity contribution < 1.29 is 0 Å². The molecule has 0 unspecified atom stereocenters. The Morgan fingerprint density at radius 3 is 2.71 bits per heavy atom. The third kappa shape index (κ3) is 3.41. The summed E-state index contributed by atoms with van der Waals surface area (Å²) >= 11 is 4.61. The zero-order valence-corrected chi connectivity index (χ0v) is 9.47. The highest BCUT2D eigenvalue weighted by atomic mass is 32.1. The Balaban J connectivity index is 2.79. The van der Waals surface area contributed by atoms with Crippen LogP contribution in [-0.2, 0) is 6.42 Å². The van der Waals surface area contributed by atoms with Gasteiger partial charge in [-0.2, -0.15) is 4.99 Å². The first kappa shape index (κ1) is 11.1. The van der Waals surface area contributed by atoms with Crippen molar-refractivity contribution in [1.82, 2.24) is 0 Å². The third-order valence-electron chi connectivity index (χ3n) is 2.15. The lowest BCUT2D eigenvalue weighted by molar-refractivity contribution is 0.587. The Morgan fingerprint density at radius 2 is 2.07 bits per heavy atom. The van der Waals surface area contributed by atoms with Gasteiger partial charge in [-0.3, -0.25) is 0 Å². The van der Waals surface area contributed by atoms with Gasteiger partial charge in [0.25, 0.3) is 0 Å². The predicted octanol–water partition coefficient (Wildman–Crippen LogP) is 4.01. The van der Waals surface area contributed by atoms with Crippen LogP contribution in [0, 0.1) is 5.92 Å². The Labute approximate surface area is 90.9 Å². The average molecular weight is 205 g/mol. The van der Waals surface area contributed by atoms with Crippen LogP contribution in [0.25, 0.3) is 0 Å². The second-order valence-corrected chi connectivity index (χ2v) is 3.95. The van der Waals surface area contributed by atoms with Crippen LogP contribution in [0.2, 0.25) is 0 Å². The molecule has 74 valence electrons. The van der Waals surface area contributed by atoms with Gasteiger partial charge in [0.1, 0.15) is 0 Å². The molecule has 1 nitrogen and oxygen atoms in total. The Bertz CT molecular complexity index is 338. The van der Waals surface area contributed by atoms with Gasteiger partial charge in [0, 0.05) is 0 Å². The summed E-state index contributed by atoms with van der Waals surface area (Å²) in [6.07, 6.45) is 2.25. The van der Waals surface area contributed by atoms with E-state index in [4.69, 9.17) is 0 Å². The highest BCUT2D eigenvalue weighted by Gasteiger charge is 2.01. The summed E-state index contributed by atoms with van der Waals surface area (Å²) in [5, 5.41) is 2.42. The summed E-state index contributed by atoms with van der Waals surface area (Å²) in [5.41, 5.74) is 2.22. The van der Waals surface area contributed by atoms with Crippen molar-refractivity contribution >= 4 is 23.1 Å². The molecule has 0 saturated heterocycles. The number of thiocarbonyl (C=S) groups is 1. The van der Waals surface area contributed by atoms with E-state index in [0.717, 1.165) is 18.0 Å². The van der Waals surface area contributed by atoms with E-state index in [0.29, 0.717) is 0 Å². The van der Waals surface area contributed by atoms with Crippen molar-refractivity contribution in [2.75, 3.05) is 0 Å². The van der Waals surface area contributed by atoms with E-state index in [-0.39, 0.29) is 0 Å². The van der Waals surface area contributed by atoms with Crippen molar-refractivity contribution in [2.45, 2.75) is 26.7 Å². The first-order chi connectivity index (χ1) is 6.74. The van der Waals surface area contributed by atoms with Gasteiger partial charge in [-0.05, 0) is 42.6 Å². The quantitative estimate of drug-likeness (QED) is 0.534. The summed E-state index contributed by atoms with van der Waals surface area (Å²) in [7, 11) is 0. The number of aliphatic imine (C=N–C) groups is 1. The largest absolute Gasteiger partial charge is 0.194 e. The molecule has 0 saturated carbocycles. The molecule has 1 aromatic rings. The van der Waals surface area contributed by atoms with E-state index in [1.54, 1.807) is 0 Å². The Hall–Kier alpha value is -0.980. The van der Waals surface area contributed by atoms with E-state index in [9.17, 15) is 0 Å². The van der Waals surface area contributed by atoms with Gasteiger partial charge in [-0.15, -0.1) is 0 Å². The summed E-state index contributed by atoms with van der Waals surface area (Å²) in [4.78, 5) is 4.05. The number of rotatable bonds is 4. The van der Waals surface area contributed by atoms with Crippen LogP contribution < -0.4 is 0 Å². The highest BCUT2D eigenvalue weighted by molar-refractivity contribution is 7.78. The maximum atomic E-state index is 4.61. The van der Waals surface area contributed by atoms with Crippen molar-refractivity contribution in [1.29, 1.82) is 0 Å². The lowest BCUT2D eigenvalue weighted by Gasteiger charge is -2.06. The maximum Gasteiger partial charge on any atom is 0.0771 e. The Kier molecular flexibility index (Phi) is 4.51. The first-order valence-corrected chi connectivity index (χ1v) is 5.30. The van der Waals surface area contributed by atoms with E-state index in [1.807, 2.05) is 18.2 Å². The molecule has 0 atom stereocenters. The van der Waals surface area contributed by atoms with Gasteiger partial charge in [-0.25, -0.2) is 0 Å². The van der Waals surface area contributed by atoms with E-state index in [1.165, 1.54) is 12.0 Å². The molecule has 2 heteroatoms. The molecule has 0 aliphatic heterocycles. The molecule has 0 aliphatic carbocycles. The van der Waals surface area contributed by atoms with E-state index in [2.05, 4.69) is 42.3 Å². The third-order valence-corrected chi connectivity index (χ3v) is 2.24. The minimum absolute atomic E-state index is 0.722. The fourth-order valence-corrected chi connectivity index (χ4v) is 1.42. The van der Waals surface area contributed by atoms with Crippen molar-refractivity contribution in [3.8, 4) is 0 Å². The number of para-hydroxylation sites is 1. The lowest BCUT2D eigenvalue weighted by Crippen LogP contribution is -1.92. The first-order valence-electron chi connectivity index (χ1n) is 4.90. The fraction of sp³-hybridized carbons (Fsp3) is 0.417.